The highest BCUT2D eigenvalue weighted by Crippen LogP contribution is 2.53. The fourth-order valence-corrected chi connectivity index (χ4v) is 6.78. The minimum Gasteiger partial charge on any atom is -0.199 e. The van der Waals surface area contributed by atoms with Crippen LogP contribution in [0, 0.1) is 12.8 Å². The monoisotopic (exact) mass is 401 g/mol. The van der Waals surface area contributed by atoms with E-state index in [9.17, 15) is 8.42 Å². The van der Waals surface area contributed by atoms with Gasteiger partial charge in [-0.15, -0.1) is 27.0 Å². The summed E-state index contributed by atoms with van der Waals surface area (Å²) in [4.78, 5) is 1.09. The SMILES string of the molecule is Cc1ccc(S(=O)(=O)N=S(C[C@H]2CC2(Cl)Cl)c2ccccc2)cc1. The van der Waals surface area contributed by atoms with Gasteiger partial charge in [-0.2, -0.15) is 8.42 Å². The van der Waals surface area contributed by atoms with Gasteiger partial charge in [0.1, 0.15) is 4.33 Å². The predicted molar refractivity (Wildman–Crippen MR) is 100 cm³/mol. The number of rotatable bonds is 5. The highest BCUT2D eigenvalue weighted by molar-refractivity contribution is 8.00. The van der Waals surface area contributed by atoms with Crippen LogP contribution in [0.15, 0.2) is 68.2 Å². The Labute approximate surface area is 155 Å². The first-order valence-corrected chi connectivity index (χ1v) is 11.0. The summed E-state index contributed by atoms with van der Waals surface area (Å²) < 4.78 is 28.8. The molecule has 2 aromatic carbocycles. The second-order valence-corrected chi connectivity index (χ2v) is 11.0. The number of halogens is 2. The third-order valence-electron chi connectivity index (χ3n) is 3.84. The molecule has 0 spiro atoms. The van der Waals surface area contributed by atoms with Gasteiger partial charge in [0.2, 0.25) is 0 Å². The molecule has 0 aromatic heterocycles. The maximum absolute atomic E-state index is 12.7. The van der Waals surface area contributed by atoms with Crippen molar-refractivity contribution in [2.24, 2.45) is 9.69 Å². The van der Waals surface area contributed by atoms with Gasteiger partial charge in [0.15, 0.2) is 0 Å². The Balaban J connectivity index is 1.98. The molecule has 0 bridgehead atoms. The average molecular weight is 402 g/mol. The summed E-state index contributed by atoms with van der Waals surface area (Å²) in [6.07, 6.45) is 0.673. The van der Waals surface area contributed by atoms with E-state index in [2.05, 4.69) is 3.77 Å². The zero-order chi connectivity index (χ0) is 17.4. The molecule has 1 aliphatic carbocycles. The van der Waals surface area contributed by atoms with E-state index in [1.165, 1.54) is 0 Å². The second-order valence-electron chi connectivity index (χ2n) is 5.87. The van der Waals surface area contributed by atoms with Gasteiger partial charge in [-0.05, 0) is 37.6 Å². The molecule has 1 aliphatic rings. The Kier molecular flexibility index (Phi) is 5.07. The predicted octanol–water partition coefficient (Wildman–Crippen LogP) is 4.74. The molecule has 0 saturated heterocycles. The van der Waals surface area contributed by atoms with Crippen molar-refractivity contribution in [2.75, 3.05) is 5.75 Å². The van der Waals surface area contributed by atoms with Crippen molar-refractivity contribution in [3.8, 4) is 0 Å². The summed E-state index contributed by atoms with van der Waals surface area (Å²) >= 11 is 12.2. The largest absolute Gasteiger partial charge is 0.288 e. The van der Waals surface area contributed by atoms with E-state index in [1.54, 1.807) is 24.3 Å². The van der Waals surface area contributed by atoms with E-state index in [0.717, 1.165) is 10.5 Å². The maximum Gasteiger partial charge on any atom is 0.288 e. The molecule has 0 aliphatic heterocycles. The summed E-state index contributed by atoms with van der Waals surface area (Å²) in [6.45, 7) is 1.91. The second kappa shape index (κ2) is 6.79. The van der Waals surface area contributed by atoms with Crippen LogP contribution in [0.25, 0.3) is 0 Å². The Morgan fingerprint density at radius 1 is 1.12 bits per heavy atom. The van der Waals surface area contributed by atoms with E-state index in [0.29, 0.717) is 12.2 Å². The Bertz CT molecular complexity index is 863. The molecule has 2 aromatic rings. The zero-order valence-corrected chi connectivity index (χ0v) is 16.2. The highest BCUT2D eigenvalue weighted by atomic mass is 35.5. The molecule has 2 atom stereocenters. The maximum atomic E-state index is 12.7. The number of hydrogen-bond acceptors (Lipinski definition) is 2. The lowest BCUT2D eigenvalue weighted by molar-refractivity contribution is 0.598. The van der Waals surface area contributed by atoms with Crippen molar-refractivity contribution in [1.82, 2.24) is 0 Å². The van der Waals surface area contributed by atoms with E-state index in [-0.39, 0.29) is 10.8 Å². The molecule has 1 unspecified atom stereocenters. The fourth-order valence-electron chi connectivity index (χ4n) is 2.26. The van der Waals surface area contributed by atoms with Crippen LogP contribution in [-0.4, -0.2) is 18.5 Å². The average Bonchev–Trinajstić information content (AvgIpc) is 3.14. The molecule has 24 heavy (non-hydrogen) atoms. The molecule has 3 nitrogen and oxygen atoms in total. The minimum absolute atomic E-state index is 0.0707. The normalized spacial score (nSPS) is 20.7. The third kappa shape index (κ3) is 4.20. The van der Waals surface area contributed by atoms with Crippen LogP contribution in [-0.2, 0) is 20.7 Å². The van der Waals surface area contributed by atoms with Crippen LogP contribution in [0.2, 0.25) is 0 Å². The molecule has 0 radical (unpaired) electrons. The van der Waals surface area contributed by atoms with Gasteiger partial charge in [-0.3, -0.25) is 0 Å². The van der Waals surface area contributed by atoms with Crippen LogP contribution in [0.4, 0.5) is 0 Å². The molecule has 128 valence electrons. The summed E-state index contributed by atoms with van der Waals surface area (Å²) in [5.74, 6) is 0.614. The number of sulfonamides is 1. The lowest BCUT2D eigenvalue weighted by Crippen LogP contribution is -2.08. The number of hydrogen-bond donors (Lipinski definition) is 0. The number of nitrogens with zero attached hydrogens (tertiary/aromatic N) is 1. The van der Waals surface area contributed by atoms with Crippen LogP contribution in [0.1, 0.15) is 12.0 Å². The Morgan fingerprint density at radius 2 is 1.71 bits per heavy atom. The minimum atomic E-state index is -3.73. The van der Waals surface area contributed by atoms with Gasteiger partial charge in [-0.25, -0.2) is 0 Å². The van der Waals surface area contributed by atoms with Gasteiger partial charge < -0.3 is 0 Å². The number of alkyl halides is 2. The molecule has 0 N–H and O–H groups in total. The highest BCUT2D eigenvalue weighted by Gasteiger charge is 2.51. The quantitative estimate of drug-likeness (QED) is 0.679. The van der Waals surface area contributed by atoms with Crippen LogP contribution < -0.4 is 0 Å². The molecular formula is C17H17Cl2NO2S2. The molecule has 1 fully saturated rings. The Morgan fingerprint density at radius 3 is 2.25 bits per heavy atom. The van der Waals surface area contributed by atoms with Gasteiger partial charge in [-0.1, -0.05) is 46.6 Å². The summed E-state index contributed by atoms with van der Waals surface area (Å²) in [6, 6.07) is 16.2. The van der Waals surface area contributed by atoms with E-state index in [1.807, 2.05) is 37.3 Å². The van der Waals surface area contributed by atoms with Crippen molar-refractivity contribution >= 4 is 43.9 Å². The molecular weight excluding hydrogens is 385 g/mol. The summed E-state index contributed by atoms with van der Waals surface area (Å²) in [5, 5.41) is 0. The summed E-state index contributed by atoms with van der Waals surface area (Å²) in [5.41, 5.74) is 1.00. The van der Waals surface area contributed by atoms with Gasteiger partial charge in [0.25, 0.3) is 10.0 Å². The molecule has 1 saturated carbocycles. The zero-order valence-electron chi connectivity index (χ0n) is 13.0. The van der Waals surface area contributed by atoms with Crippen molar-refractivity contribution in [3.63, 3.8) is 0 Å². The first-order valence-electron chi connectivity index (χ1n) is 7.46. The third-order valence-corrected chi connectivity index (χ3v) is 8.67. The van der Waals surface area contributed by atoms with E-state index in [4.69, 9.17) is 23.2 Å². The van der Waals surface area contributed by atoms with Crippen molar-refractivity contribution in [3.05, 3.63) is 60.2 Å². The van der Waals surface area contributed by atoms with Gasteiger partial charge in [0, 0.05) is 16.6 Å². The molecule has 0 heterocycles. The van der Waals surface area contributed by atoms with E-state index < -0.39 is 25.0 Å². The summed E-state index contributed by atoms with van der Waals surface area (Å²) in [7, 11) is -4.54. The first-order chi connectivity index (χ1) is 11.3. The molecule has 7 heteroatoms. The molecule has 0 amide bonds. The standard InChI is InChI=1S/C17H17Cl2NO2S2/c1-13-7-9-16(10-8-13)24(21,22)20-23(12-14-11-17(14,18)19)15-5-3-2-4-6-15/h2-10,14H,11-12H2,1H3/t14-,23?/m1/s1. The fraction of sp³-hybridized carbons (Fsp3) is 0.294. The van der Waals surface area contributed by atoms with Crippen LogP contribution >= 0.6 is 23.2 Å². The van der Waals surface area contributed by atoms with Crippen molar-refractivity contribution in [2.45, 2.75) is 27.5 Å². The first kappa shape index (κ1) is 17.9. The Hall–Kier alpha value is -0.880. The topological polar surface area (TPSA) is 46.5 Å². The van der Waals surface area contributed by atoms with Gasteiger partial charge >= 0.3 is 0 Å². The van der Waals surface area contributed by atoms with Crippen LogP contribution in [0.3, 0.4) is 0 Å². The van der Waals surface area contributed by atoms with Gasteiger partial charge in [0.05, 0.1) is 4.90 Å². The van der Waals surface area contributed by atoms with E-state index >= 15 is 0 Å². The van der Waals surface area contributed by atoms with Crippen molar-refractivity contribution < 1.29 is 8.42 Å². The van der Waals surface area contributed by atoms with Crippen LogP contribution in [0.5, 0.6) is 0 Å². The van der Waals surface area contributed by atoms with Crippen molar-refractivity contribution in [1.29, 1.82) is 0 Å². The number of aryl methyl sites for hydroxylation is 1. The molecule has 3 rings (SSSR count). The lowest BCUT2D eigenvalue weighted by atomic mass is 10.2. The number of benzene rings is 2. The smallest absolute Gasteiger partial charge is 0.199 e. The lowest BCUT2D eigenvalue weighted by Gasteiger charge is -2.09.